The molecule has 0 aromatic heterocycles. The summed E-state index contributed by atoms with van der Waals surface area (Å²) >= 11 is 0. The SMILES string of the molecule is CS(=O)(=O)[C@H](CO)C1CCCCC1. The number of aliphatic hydroxyl groups excluding tert-OH is 1. The van der Waals surface area contributed by atoms with Gasteiger partial charge in [-0.1, -0.05) is 19.3 Å². The summed E-state index contributed by atoms with van der Waals surface area (Å²) in [5, 5.41) is 8.51. The highest BCUT2D eigenvalue weighted by atomic mass is 32.2. The van der Waals surface area contributed by atoms with Crippen molar-refractivity contribution in [2.45, 2.75) is 37.4 Å². The van der Waals surface area contributed by atoms with E-state index in [1.807, 2.05) is 0 Å². The van der Waals surface area contributed by atoms with Gasteiger partial charge < -0.3 is 5.11 Å². The van der Waals surface area contributed by atoms with Crippen LogP contribution in [-0.2, 0) is 9.84 Å². The van der Waals surface area contributed by atoms with Crippen LogP contribution >= 0.6 is 0 Å². The molecule has 0 bridgehead atoms. The topological polar surface area (TPSA) is 54.4 Å². The summed E-state index contributed by atoms with van der Waals surface area (Å²) in [6.45, 7) is -0.219. The molecule has 1 aliphatic carbocycles. The number of hydrogen-bond donors (Lipinski definition) is 1. The molecule has 0 spiro atoms. The standard InChI is InChI=1S/C9H18O3S/c1-13(11,12)9(7-10)8-5-3-2-4-6-8/h8-10H,2-7H2,1H3/t9-/m1/s1. The lowest BCUT2D eigenvalue weighted by Gasteiger charge is -2.27. The van der Waals surface area contributed by atoms with E-state index in [-0.39, 0.29) is 12.5 Å². The van der Waals surface area contributed by atoms with Gasteiger partial charge in [0.15, 0.2) is 9.84 Å². The molecule has 1 aliphatic rings. The molecular weight excluding hydrogens is 188 g/mol. The third-order valence-electron chi connectivity index (χ3n) is 2.91. The highest BCUT2D eigenvalue weighted by Crippen LogP contribution is 2.29. The molecule has 1 fully saturated rings. The van der Waals surface area contributed by atoms with Crippen molar-refractivity contribution < 1.29 is 13.5 Å². The molecule has 0 unspecified atom stereocenters. The zero-order valence-electron chi connectivity index (χ0n) is 8.07. The number of hydrogen-bond acceptors (Lipinski definition) is 3. The van der Waals surface area contributed by atoms with Crippen molar-refractivity contribution in [1.29, 1.82) is 0 Å². The lowest BCUT2D eigenvalue weighted by Crippen LogP contribution is -2.33. The van der Waals surface area contributed by atoms with Crippen LogP contribution in [0.2, 0.25) is 0 Å². The van der Waals surface area contributed by atoms with E-state index in [9.17, 15) is 8.42 Å². The van der Waals surface area contributed by atoms with Crippen LogP contribution < -0.4 is 0 Å². The molecule has 0 radical (unpaired) electrons. The predicted octanol–water partition coefficient (Wildman–Crippen LogP) is 0.972. The van der Waals surface area contributed by atoms with E-state index in [2.05, 4.69) is 0 Å². The van der Waals surface area contributed by atoms with Gasteiger partial charge in [-0.25, -0.2) is 8.42 Å². The summed E-state index contributed by atoms with van der Waals surface area (Å²) in [5.74, 6) is 0.189. The Morgan fingerprint density at radius 2 is 1.85 bits per heavy atom. The van der Waals surface area contributed by atoms with Crippen LogP contribution in [0.15, 0.2) is 0 Å². The van der Waals surface area contributed by atoms with Crippen molar-refractivity contribution >= 4 is 9.84 Å². The minimum atomic E-state index is -3.06. The van der Waals surface area contributed by atoms with Crippen LogP contribution in [0.3, 0.4) is 0 Å². The first-order chi connectivity index (χ1) is 6.05. The van der Waals surface area contributed by atoms with Crippen molar-refractivity contribution in [3.63, 3.8) is 0 Å². The summed E-state index contributed by atoms with van der Waals surface area (Å²) in [6, 6.07) is 0. The van der Waals surface area contributed by atoms with Gasteiger partial charge >= 0.3 is 0 Å². The summed E-state index contributed by atoms with van der Waals surface area (Å²) in [5.41, 5.74) is 0. The van der Waals surface area contributed by atoms with Gasteiger partial charge in [0.2, 0.25) is 0 Å². The second kappa shape index (κ2) is 4.42. The molecule has 1 saturated carbocycles. The fourth-order valence-corrected chi connectivity index (χ4v) is 3.38. The van der Waals surface area contributed by atoms with Crippen LogP contribution in [0.1, 0.15) is 32.1 Å². The monoisotopic (exact) mass is 206 g/mol. The normalized spacial score (nSPS) is 22.9. The molecule has 0 heterocycles. The second-order valence-electron chi connectivity index (χ2n) is 3.95. The molecule has 0 amide bonds. The zero-order valence-corrected chi connectivity index (χ0v) is 8.89. The minimum absolute atomic E-state index is 0.189. The van der Waals surface area contributed by atoms with Crippen LogP contribution in [0.5, 0.6) is 0 Å². The minimum Gasteiger partial charge on any atom is -0.395 e. The van der Waals surface area contributed by atoms with Crippen molar-refractivity contribution in [2.75, 3.05) is 12.9 Å². The Bertz CT molecular complexity index is 240. The summed E-state index contributed by atoms with van der Waals surface area (Å²) < 4.78 is 22.6. The third-order valence-corrected chi connectivity index (χ3v) is 4.54. The fraction of sp³-hybridized carbons (Fsp3) is 1.00. The molecule has 13 heavy (non-hydrogen) atoms. The van der Waals surface area contributed by atoms with Crippen LogP contribution in [-0.4, -0.2) is 31.6 Å². The average Bonchev–Trinajstić information content (AvgIpc) is 2.05. The van der Waals surface area contributed by atoms with E-state index < -0.39 is 15.1 Å². The Kier molecular flexibility index (Phi) is 3.74. The van der Waals surface area contributed by atoms with Gasteiger partial charge in [0.1, 0.15) is 0 Å². The predicted molar refractivity (Wildman–Crippen MR) is 52.3 cm³/mol. The highest BCUT2D eigenvalue weighted by Gasteiger charge is 2.30. The van der Waals surface area contributed by atoms with E-state index >= 15 is 0 Å². The van der Waals surface area contributed by atoms with Crippen molar-refractivity contribution in [2.24, 2.45) is 5.92 Å². The van der Waals surface area contributed by atoms with E-state index in [1.165, 1.54) is 12.7 Å². The molecule has 1 rings (SSSR count). The maximum Gasteiger partial charge on any atom is 0.152 e. The fourth-order valence-electron chi connectivity index (χ4n) is 2.14. The first-order valence-electron chi connectivity index (χ1n) is 4.85. The van der Waals surface area contributed by atoms with Gasteiger partial charge in [-0.05, 0) is 18.8 Å². The van der Waals surface area contributed by atoms with Gasteiger partial charge in [0.05, 0.1) is 11.9 Å². The van der Waals surface area contributed by atoms with Gasteiger partial charge in [-0.15, -0.1) is 0 Å². The molecule has 0 aromatic rings. The Morgan fingerprint density at radius 1 is 1.31 bits per heavy atom. The van der Waals surface area contributed by atoms with Crippen molar-refractivity contribution in [3.8, 4) is 0 Å². The molecule has 78 valence electrons. The first kappa shape index (κ1) is 11.0. The van der Waals surface area contributed by atoms with E-state index in [0.29, 0.717) is 0 Å². The van der Waals surface area contributed by atoms with Gasteiger partial charge in [0, 0.05) is 6.26 Å². The van der Waals surface area contributed by atoms with Gasteiger partial charge in [-0.3, -0.25) is 0 Å². The van der Waals surface area contributed by atoms with Crippen LogP contribution in [0, 0.1) is 5.92 Å². The lowest BCUT2D eigenvalue weighted by molar-refractivity contribution is 0.233. The van der Waals surface area contributed by atoms with Gasteiger partial charge in [-0.2, -0.15) is 0 Å². The largest absolute Gasteiger partial charge is 0.395 e. The zero-order chi connectivity index (χ0) is 9.90. The molecule has 0 aromatic carbocycles. The highest BCUT2D eigenvalue weighted by molar-refractivity contribution is 7.91. The molecule has 3 nitrogen and oxygen atoms in total. The third kappa shape index (κ3) is 2.95. The summed E-state index contributed by atoms with van der Waals surface area (Å²) in [7, 11) is -3.06. The maximum atomic E-state index is 11.3. The van der Waals surface area contributed by atoms with Crippen LogP contribution in [0.25, 0.3) is 0 Å². The molecule has 0 aliphatic heterocycles. The Hall–Kier alpha value is -0.0900. The maximum absolute atomic E-state index is 11.3. The number of aliphatic hydroxyl groups is 1. The average molecular weight is 206 g/mol. The molecule has 4 heteroatoms. The molecule has 1 atom stereocenters. The summed E-state index contributed by atoms with van der Waals surface area (Å²) in [6.07, 6.45) is 6.56. The second-order valence-corrected chi connectivity index (χ2v) is 6.21. The molecule has 1 N–H and O–H groups in total. The van der Waals surface area contributed by atoms with Crippen molar-refractivity contribution in [1.82, 2.24) is 0 Å². The Balaban J connectivity index is 2.65. The molecule has 0 saturated heterocycles. The first-order valence-corrected chi connectivity index (χ1v) is 6.81. The smallest absolute Gasteiger partial charge is 0.152 e. The summed E-state index contributed by atoms with van der Waals surface area (Å²) in [4.78, 5) is 0. The number of sulfone groups is 1. The van der Waals surface area contributed by atoms with E-state index in [0.717, 1.165) is 25.7 Å². The van der Waals surface area contributed by atoms with Crippen LogP contribution in [0.4, 0.5) is 0 Å². The van der Waals surface area contributed by atoms with E-state index in [4.69, 9.17) is 5.11 Å². The number of rotatable bonds is 3. The Labute approximate surface area is 80.1 Å². The lowest BCUT2D eigenvalue weighted by atomic mass is 9.87. The quantitative estimate of drug-likeness (QED) is 0.748. The van der Waals surface area contributed by atoms with Gasteiger partial charge in [0.25, 0.3) is 0 Å². The van der Waals surface area contributed by atoms with Crippen molar-refractivity contribution in [3.05, 3.63) is 0 Å². The Morgan fingerprint density at radius 3 is 2.23 bits per heavy atom. The van der Waals surface area contributed by atoms with E-state index in [1.54, 1.807) is 0 Å². The molecular formula is C9H18O3S.